The van der Waals surface area contributed by atoms with Crippen molar-refractivity contribution in [2.75, 3.05) is 6.61 Å². The van der Waals surface area contributed by atoms with Crippen molar-refractivity contribution in [2.24, 2.45) is 5.92 Å². The number of ether oxygens (including phenoxy) is 1. The highest BCUT2D eigenvalue weighted by molar-refractivity contribution is 7.84. The standard InChI is InChI=1S/C13H24F3NO3S/c1-6-8-20-11(18)9(7-2)10(13(14,15)16)17-21(19)12(3,4)5/h9-10,17H,6-8H2,1-5H3/t9-,10-,21-/m0/s1. The Morgan fingerprint density at radius 1 is 1.24 bits per heavy atom. The first-order valence-electron chi connectivity index (χ1n) is 6.86. The molecule has 8 heteroatoms. The van der Waals surface area contributed by atoms with Gasteiger partial charge in [0.15, 0.2) is 0 Å². The number of alkyl halides is 3. The number of hydrogen-bond acceptors (Lipinski definition) is 3. The summed E-state index contributed by atoms with van der Waals surface area (Å²) in [6, 6.07) is -2.19. The Morgan fingerprint density at radius 3 is 2.10 bits per heavy atom. The lowest BCUT2D eigenvalue weighted by Gasteiger charge is -2.30. The molecule has 3 atom stereocenters. The van der Waals surface area contributed by atoms with Crippen LogP contribution in [-0.2, 0) is 20.5 Å². The Bertz CT molecular complexity index is 367. The van der Waals surface area contributed by atoms with Gasteiger partial charge < -0.3 is 4.74 Å². The van der Waals surface area contributed by atoms with Crippen molar-refractivity contribution in [3.05, 3.63) is 0 Å². The van der Waals surface area contributed by atoms with Crippen molar-refractivity contribution in [2.45, 2.75) is 64.4 Å². The van der Waals surface area contributed by atoms with Crippen molar-refractivity contribution < 1.29 is 26.9 Å². The lowest BCUT2D eigenvalue weighted by atomic mass is 9.97. The fraction of sp³-hybridized carbons (Fsp3) is 0.923. The summed E-state index contributed by atoms with van der Waals surface area (Å²) in [5.74, 6) is -2.33. The van der Waals surface area contributed by atoms with Gasteiger partial charge in [0.2, 0.25) is 0 Å². The first kappa shape index (κ1) is 20.4. The van der Waals surface area contributed by atoms with Crippen LogP contribution in [0.15, 0.2) is 0 Å². The van der Waals surface area contributed by atoms with E-state index in [0.29, 0.717) is 6.42 Å². The lowest BCUT2D eigenvalue weighted by Crippen LogP contribution is -2.53. The second-order valence-corrected chi connectivity index (χ2v) is 7.70. The van der Waals surface area contributed by atoms with Crippen molar-refractivity contribution in [3.8, 4) is 0 Å². The van der Waals surface area contributed by atoms with Crippen molar-refractivity contribution in [1.29, 1.82) is 0 Å². The van der Waals surface area contributed by atoms with Crippen molar-refractivity contribution in [3.63, 3.8) is 0 Å². The molecule has 0 rings (SSSR count). The number of carbonyl (C=O) groups excluding carboxylic acids is 1. The molecule has 0 radical (unpaired) electrons. The molecule has 0 aliphatic rings. The van der Waals surface area contributed by atoms with Gasteiger partial charge in [-0.2, -0.15) is 13.2 Å². The average Bonchev–Trinajstić information content (AvgIpc) is 2.33. The van der Waals surface area contributed by atoms with Crippen LogP contribution in [0.25, 0.3) is 0 Å². The monoisotopic (exact) mass is 331 g/mol. The molecule has 4 nitrogen and oxygen atoms in total. The molecule has 0 bridgehead atoms. The number of hydrogen-bond donors (Lipinski definition) is 1. The second-order valence-electron chi connectivity index (χ2n) is 5.70. The summed E-state index contributed by atoms with van der Waals surface area (Å²) >= 11 is 0. The van der Waals surface area contributed by atoms with E-state index in [1.807, 2.05) is 0 Å². The molecule has 1 N–H and O–H groups in total. The van der Waals surface area contributed by atoms with Crippen LogP contribution in [0, 0.1) is 5.92 Å². The van der Waals surface area contributed by atoms with Crippen molar-refractivity contribution >= 4 is 17.0 Å². The minimum atomic E-state index is -4.69. The summed E-state index contributed by atoms with van der Waals surface area (Å²) in [7, 11) is -1.94. The molecular formula is C13H24F3NO3S. The molecule has 0 aliphatic heterocycles. The van der Waals surface area contributed by atoms with Crippen LogP contribution in [0.1, 0.15) is 47.5 Å². The summed E-state index contributed by atoms with van der Waals surface area (Å²) in [5.41, 5.74) is 0. The van der Waals surface area contributed by atoms with E-state index in [0.717, 1.165) is 0 Å². The number of halogens is 3. The molecule has 0 heterocycles. The highest BCUT2D eigenvalue weighted by Gasteiger charge is 2.49. The second kappa shape index (κ2) is 8.12. The summed E-state index contributed by atoms with van der Waals surface area (Å²) in [6.45, 7) is 7.96. The third kappa shape index (κ3) is 6.78. The molecule has 0 aliphatic carbocycles. The Balaban J connectivity index is 5.21. The lowest BCUT2D eigenvalue weighted by molar-refractivity contribution is -0.179. The number of rotatable bonds is 7. The summed E-state index contributed by atoms with van der Waals surface area (Å²) in [6.07, 6.45) is -4.21. The first-order chi connectivity index (χ1) is 9.45. The molecule has 0 saturated carbocycles. The van der Waals surface area contributed by atoms with E-state index < -0.39 is 39.8 Å². The molecule has 0 amide bonds. The van der Waals surface area contributed by atoms with E-state index >= 15 is 0 Å². The molecule has 0 aromatic carbocycles. The number of esters is 1. The molecule has 0 saturated heterocycles. The van der Waals surface area contributed by atoms with Gasteiger partial charge in [0.05, 0.1) is 28.3 Å². The van der Waals surface area contributed by atoms with Crippen molar-refractivity contribution in [1.82, 2.24) is 4.72 Å². The summed E-state index contributed by atoms with van der Waals surface area (Å²) < 4.78 is 57.5. The van der Waals surface area contributed by atoms with Gasteiger partial charge >= 0.3 is 12.1 Å². The molecular weight excluding hydrogens is 307 g/mol. The minimum Gasteiger partial charge on any atom is -0.465 e. The predicted molar refractivity (Wildman–Crippen MR) is 75.9 cm³/mol. The van der Waals surface area contributed by atoms with Gasteiger partial charge in [0.25, 0.3) is 0 Å². The fourth-order valence-electron chi connectivity index (χ4n) is 1.52. The number of nitrogens with one attached hydrogen (secondary N) is 1. The van der Waals surface area contributed by atoms with E-state index in [9.17, 15) is 22.2 Å². The van der Waals surface area contributed by atoms with E-state index in [-0.39, 0.29) is 13.0 Å². The molecule has 0 spiro atoms. The average molecular weight is 331 g/mol. The highest BCUT2D eigenvalue weighted by atomic mass is 32.2. The van der Waals surface area contributed by atoms with Gasteiger partial charge in [0.1, 0.15) is 6.04 Å². The van der Waals surface area contributed by atoms with Gasteiger partial charge in [-0.25, -0.2) is 8.93 Å². The Kier molecular flexibility index (Phi) is 7.88. The van der Waals surface area contributed by atoms with Crippen LogP contribution < -0.4 is 4.72 Å². The molecule has 0 aromatic rings. The van der Waals surface area contributed by atoms with E-state index in [4.69, 9.17) is 4.74 Å². The zero-order valence-corrected chi connectivity index (χ0v) is 13.9. The van der Waals surface area contributed by atoms with E-state index in [1.165, 1.54) is 6.92 Å². The third-order valence-electron chi connectivity index (χ3n) is 2.74. The largest absolute Gasteiger partial charge is 0.465 e. The van der Waals surface area contributed by atoms with Gasteiger partial charge in [-0.15, -0.1) is 0 Å². The number of carbonyl (C=O) groups is 1. The topological polar surface area (TPSA) is 55.4 Å². The highest BCUT2D eigenvalue weighted by Crippen LogP contribution is 2.29. The van der Waals surface area contributed by atoms with Crippen LogP contribution in [0.3, 0.4) is 0 Å². The van der Waals surface area contributed by atoms with Crippen LogP contribution in [-0.4, -0.2) is 33.8 Å². The Labute approximate surface area is 126 Å². The normalized spacial score (nSPS) is 17.1. The molecule has 21 heavy (non-hydrogen) atoms. The predicted octanol–water partition coefficient (Wildman–Crippen LogP) is 2.95. The van der Waals surface area contributed by atoms with Crippen LogP contribution in [0.2, 0.25) is 0 Å². The summed E-state index contributed by atoms with van der Waals surface area (Å²) in [4.78, 5) is 11.8. The first-order valence-corrected chi connectivity index (χ1v) is 8.01. The van der Waals surface area contributed by atoms with Gasteiger partial charge in [-0.05, 0) is 33.6 Å². The van der Waals surface area contributed by atoms with Crippen LogP contribution in [0.5, 0.6) is 0 Å². The molecule has 0 fully saturated rings. The maximum absolute atomic E-state index is 13.2. The quantitative estimate of drug-likeness (QED) is 0.730. The van der Waals surface area contributed by atoms with Crippen LogP contribution in [0.4, 0.5) is 13.2 Å². The maximum Gasteiger partial charge on any atom is 0.405 e. The molecule has 0 aromatic heterocycles. The van der Waals surface area contributed by atoms with Gasteiger partial charge in [-0.3, -0.25) is 4.79 Å². The van der Waals surface area contributed by atoms with Crippen LogP contribution >= 0.6 is 0 Å². The zero-order chi connectivity index (χ0) is 16.8. The Morgan fingerprint density at radius 2 is 1.76 bits per heavy atom. The summed E-state index contributed by atoms with van der Waals surface area (Å²) in [5, 5.41) is 0. The third-order valence-corrected chi connectivity index (χ3v) is 4.32. The molecule has 126 valence electrons. The zero-order valence-electron chi connectivity index (χ0n) is 13.0. The van der Waals surface area contributed by atoms with E-state index in [1.54, 1.807) is 27.7 Å². The van der Waals surface area contributed by atoms with Gasteiger partial charge in [0, 0.05) is 0 Å². The fourth-order valence-corrected chi connectivity index (χ4v) is 2.40. The SMILES string of the molecule is CCCOC(=O)[C@@H](CC)[C@H](N[S@@](=O)C(C)(C)C)C(F)(F)F. The van der Waals surface area contributed by atoms with Gasteiger partial charge in [-0.1, -0.05) is 13.8 Å². The smallest absolute Gasteiger partial charge is 0.405 e. The molecule has 0 unspecified atom stereocenters. The minimum absolute atomic E-state index is 0.0545. The Hall–Kier alpha value is -0.630. The van der Waals surface area contributed by atoms with E-state index in [2.05, 4.69) is 4.72 Å². The maximum atomic E-state index is 13.2.